The number of nitrogens with zero attached hydrogens (tertiary/aromatic N) is 2. The van der Waals surface area contributed by atoms with Crippen molar-refractivity contribution >= 4 is 0 Å². The van der Waals surface area contributed by atoms with Crippen LogP contribution in [0.4, 0.5) is 0 Å². The van der Waals surface area contributed by atoms with E-state index in [1.165, 1.54) is 121 Å². The van der Waals surface area contributed by atoms with Crippen LogP contribution in [0, 0.1) is 0 Å². The Balaban J connectivity index is 1.70. The van der Waals surface area contributed by atoms with E-state index in [9.17, 15) is 0 Å². The van der Waals surface area contributed by atoms with Gasteiger partial charge in [0.15, 0.2) is 11.5 Å². The second kappa shape index (κ2) is 22.8. The summed E-state index contributed by atoms with van der Waals surface area (Å²) in [4.78, 5) is 0. The molecule has 0 spiro atoms. The van der Waals surface area contributed by atoms with Gasteiger partial charge >= 0.3 is 0 Å². The van der Waals surface area contributed by atoms with Crippen molar-refractivity contribution in [1.29, 1.82) is 0 Å². The Bertz CT molecular complexity index is 832. The summed E-state index contributed by atoms with van der Waals surface area (Å²) in [6, 6.07) is 6.48. The molecule has 2 rings (SSSR count). The normalized spacial score (nSPS) is 11.3. The average molecular weight is 542 g/mol. The van der Waals surface area contributed by atoms with E-state index in [4.69, 9.17) is 9.47 Å². The number of benzene rings is 1. The zero-order valence-electron chi connectivity index (χ0n) is 25.9. The van der Waals surface area contributed by atoms with Crippen molar-refractivity contribution in [3.05, 3.63) is 42.5 Å². The predicted molar refractivity (Wildman–Crippen MR) is 166 cm³/mol. The van der Waals surface area contributed by atoms with E-state index in [-0.39, 0.29) is 0 Å². The Hall–Kier alpha value is -1.97. The second-order valence-electron chi connectivity index (χ2n) is 11.6. The Kier molecular flexibility index (Phi) is 19.4. The number of aromatic nitrogens is 2. The molecule has 0 aliphatic rings. The van der Waals surface area contributed by atoms with Crippen LogP contribution >= 0.6 is 0 Å². The number of hydrogen-bond acceptors (Lipinski definition) is 2. The molecular weight excluding hydrogens is 480 g/mol. The number of hydrogen-bond donors (Lipinski definition) is 0. The molecule has 39 heavy (non-hydrogen) atoms. The minimum Gasteiger partial charge on any atom is -0.490 e. The van der Waals surface area contributed by atoms with Crippen molar-refractivity contribution in [3.63, 3.8) is 0 Å². The van der Waals surface area contributed by atoms with Gasteiger partial charge in [-0.25, -0.2) is 9.13 Å². The smallest absolute Gasteiger partial charge is 0.243 e. The van der Waals surface area contributed by atoms with Crippen LogP contribution in [-0.2, 0) is 13.6 Å². The maximum absolute atomic E-state index is 6.30. The Morgan fingerprint density at radius 3 is 1.51 bits per heavy atom. The van der Waals surface area contributed by atoms with E-state index in [1.54, 1.807) is 0 Å². The summed E-state index contributed by atoms with van der Waals surface area (Å²) in [5.41, 5.74) is 1.25. The molecule has 0 unspecified atom stereocenters. The number of unbranched alkanes of at least 4 members (excludes halogenated alkanes) is 18. The zero-order valence-corrected chi connectivity index (χ0v) is 25.9. The molecule has 1 aromatic carbocycles. The molecule has 1 heterocycles. The fourth-order valence-electron chi connectivity index (χ4n) is 5.23. The minimum atomic E-state index is 0.771. The molecule has 0 bridgehead atoms. The van der Waals surface area contributed by atoms with Gasteiger partial charge in [0.25, 0.3) is 0 Å². The summed E-state index contributed by atoms with van der Waals surface area (Å²) >= 11 is 0. The average Bonchev–Trinajstić information content (AvgIpc) is 3.35. The summed E-state index contributed by atoms with van der Waals surface area (Å²) in [6.07, 6.45) is 33.1. The van der Waals surface area contributed by atoms with Crippen molar-refractivity contribution in [3.8, 4) is 11.5 Å². The van der Waals surface area contributed by atoms with Gasteiger partial charge < -0.3 is 9.47 Å². The molecule has 1 aromatic heterocycles. The molecule has 0 saturated heterocycles. The first kappa shape index (κ1) is 33.2. The van der Waals surface area contributed by atoms with Gasteiger partial charge in [-0.3, -0.25) is 0 Å². The van der Waals surface area contributed by atoms with E-state index < -0.39 is 0 Å². The van der Waals surface area contributed by atoms with E-state index >= 15 is 0 Å². The number of imidazole rings is 1. The van der Waals surface area contributed by atoms with Gasteiger partial charge in [-0.1, -0.05) is 135 Å². The van der Waals surface area contributed by atoms with Gasteiger partial charge in [0.05, 0.1) is 20.3 Å². The molecule has 4 nitrogen and oxygen atoms in total. The van der Waals surface area contributed by atoms with Crippen molar-refractivity contribution in [2.24, 2.45) is 7.05 Å². The van der Waals surface area contributed by atoms with Crippen LogP contribution in [0.1, 0.15) is 148 Å². The summed E-state index contributed by atoms with van der Waals surface area (Å²) < 4.78 is 16.8. The van der Waals surface area contributed by atoms with Crippen molar-refractivity contribution < 1.29 is 14.0 Å². The summed E-state index contributed by atoms with van der Waals surface area (Å²) in [7, 11) is 2.06. The van der Waals surface area contributed by atoms with Crippen LogP contribution in [0.3, 0.4) is 0 Å². The van der Waals surface area contributed by atoms with Crippen molar-refractivity contribution in [2.45, 2.75) is 149 Å². The van der Waals surface area contributed by atoms with Crippen LogP contribution in [0.25, 0.3) is 0 Å². The zero-order chi connectivity index (χ0) is 27.8. The molecule has 0 amide bonds. The number of rotatable bonds is 26. The number of ether oxygens (including phenoxy) is 2. The Morgan fingerprint density at radius 1 is 0.590 bits per heavy atom. The molecule has 222 valence electrons. The lowest BCUT2D eigenvalue weighted by Gasteiger charge is -2.14. The predicted octanol–water partition coefficient (Wildman–Crippen LogP) is 9.96. The molecule has 0 aliphatic carbocycles. The first-order valence-electron chi connectivity index (χ1n) is 16.6. The largest absolute Gasteiger partial charge is 0.490 e. The highest BCUT2D eigenvalue weighted by Crippen LogP contribution is 2.29. The molecule has 0 saturated carbocycles. The van der Waals surface area contributed by atoms with Crippen LogP contribution in [0.5, 0.6) is 11.5 Å². The topological polar surface area (TPSA) is 27.3 Å². The van der Waals surface area contributed by atoms with Crippen LogP contribution in [-0.4, -0.2) is 17.8 Å². The molecule has 4 heteroatoms. The molecule has 0 N–H and O–H groups in total. The monoisotopic (exact) mass is 541 g/mol. The molecular formula is C35H61N2O2+. The molecule has 0 fully saturated rings. The standard InChI is InChI=1S/C35H61N2O2/c1-4-6-8-10-12-14-16-18-20-22-28-38-34-25-24-33(31-37-27-26-36(3)32-37)30-35(34)39-29-23-21-19-17-15-13-11-9-7-5-2/h24-27,30,32H,4-23,28-29,31H2,1-3H3/q+1. The second-order valence-corrected chi connectivity index (χ2v) is 11.6. The first-order chi connectivity index (χ1) is 19.2. The third-order valence-corrected chi connectivity index (χ3v) is 7.71. The fraction of sp³-hybridized carbons (Fsp3) is 0.743. The van der Waals surface area contributed by atoms with Gasteiger partial charge in [0, 0.05) is 0 Å². The van der Waals surface area contributed by atoms with Gasteiger partial charge in [0.1, 0.15) is 18.9 Å². The van der Waals surface area contributed by atoms with Crippen LogP contribution in [0.15, 0.2) is 36.9 Å². The fourth-order valence-corrected chi connectivity index (χ4v) is 5.23. The molecule has 0 atom stereocenters. The minimum absolute atomic E-state index is 0.771. The maximum atomic E-state index is 6.30. The van der Waals surface area contributed by atoms with Gasteiger partial charge in [0.2, 0.25) is 6.33 Å². The van der Waals surface area contributed by atoms with E-state index in [1.807, 2.05) is 0 Å². The molecule has 2 aromatic rings. The highest BCUT2D eigenvalue weighted by molar-refractivity contribution is 5.43. The van der Waals surface area contributed by atoms with Crippen LogP contribution in [0.2, 0.25) is 0 Å². The van der Waals surface area contributed by atoms with E-state index in [2.05, 4.69) is 66.9 Å². The third kappa shape index (κ3) is 16.7. The Labute approximate surface area is 241 Å². The van der Waals surface area contributed by atoms with E-state index in [0.717, 1.165) is 44.1 Å². The lowest BCUT2D eigenvalue weighted by atomic mass is 10.1. The SMILES string of the molecule is CCCCCCCCCCCCOc1ccc(Cn2cc[n+](C)c2)cc1OCCCCCCCCCCCC. The quantitative estimate of drug-likeness (QED) is 0.0875. The van der Waals surface area contributed by atoms with Crippen molar-refractivity contribution in [1.82, 2.24) is 4.57 Å². The lowest BCUT2D eigenvalue weighted by Crippen LogP contribution is -2.23. The molecule has 0 radical (unpaired) electrons. The maximum Gasteiger partial charge on any atom is 0.243 e. The summed E-state index contributed by atoms with van der Waals surface area (Å²) in [6.45, 7) is 6.96. The van der Waals surface area contributed by atoms with Gasteiger partial charge in [-0.2, -0.15) is 0 Å². The molecule has 0 aliphatic heterocycles. The van der Waals surface area contributed by atoms with Gasteiger partial charge in [-0.15, -0.1) is 0 Å². The van der Waals surface area contributed by atoms with Crippen LogP contribution < -0.4 is 14.0 Å². The summed E-state index contributed by atoms with van der Waals surface area (Å²) in [5.74, 6) is 1.81. The number of aryl methyl sites for hydroxylation is 1. The van der Waals surface area contributed by atoms with E-state index in [0.29, 0.717) is 0 Å². The van der Waals surface area contributed by atoms with Crippen molar-refractivity contribution in [2.75, 3.05) is 13.2 Å². The summed E-state index contributed by atoms with van der Waals surface area (Å²) in [5, 5.41) is 0. The highest BCUT2D eigenvalue weighted by Gasteiger charge is 2.10. The van der Waals surface area contributed by atoms with Gasteiger partial charge in [-0.05, 0) is 30.5 Å². The Morgan fingerprint density at radius 2 is 1.05 bits per heavy atom. The third-order valence-electron chi connectivity index (χ3n) is 7.71. The first-order valence-corrected chi connectivity index (χ1v) is 16.6. The lowest BCUT2D eigenvalue weighted by molar-refractivity contribution is -0.671. The highest BCUT2D eigenvalue weighted by atomic mass is 16.5.